The minimum atomic E-state index is -2.40. The first-order valence-electron chi connectivity index (χ1n) is 6.79. The molecular weight excluding hydrogens is 262 g/mol. The van der Waals surface area contributed by atoms with Gasteiger partial charge >= 0.3 is 8.80 Å². The Hall–Kier alpha value is -0.733. The summed E-state index contributed by atoms with van der Waals surface area (Å²) in [5.74, 6) is 0. The maximum absolute atomic E-state index is 5.65. The highest BCUT2D eigenvalue weighted by molar-refractivity contribution is 6.60. The van der Waals surface area contributed by atoms with Crippen molar-refractivity contribution in [1.82, 2.24) is 9.97 Å². The van der Waals surface area contributed by atoms with Crippen LogP contribution in [0.5, 0.6) is 0 Å². The fourth-order valence-electron chi connectivity index (χ4n) is 1.53. The van der Waals surface area contributed by atoms with E-state index in [0.29, 0.717) is 26.4 Å². The smallest absolute Gasteiger partial charge is 0.374 e. The number of hydrogen-bond acceptors (Lipinski definition) is 5. The Balaban J connectivity index is 0.000000532. The van der Waals surface area contributed by atoms with Gasteiger partial charge in [0.05, 0.1) is 6.33 Å². The van der Waals surface area contributed by atoms with Crippen LogP contribution in [0.3, 0.4) is 0 Å². The van der Waals surface area contributed by atoms with Crippen LogP contribution in [0, 0.1) is 0 Å². The van der Waals surface area contributed by atoms with Crippen molar-refractivity contribution in [3.63, 3.8) is 0 Å². The van der Waals surface area contributed by atoms with Gasteiger partial charge < -0.3 is 24.0 Å². The summed E-state index contributed by atoms with van der Waals surface area (Å²) in [7, 11) is -2.40. The van der Waals surface area contributed by atoms with Crippen molar-refractivity contribution in [3.8, 4) is 0 Å². The number of nitrogens with one attached hydrogen (secondary N) is 1. The monoisotopic (exact) mass is 289 g/mol. The molecule has 0 amide bonds. The second-order valence-electron chi connectivity index (χ2n) is 3.63. The summed E-state index contributed by atoms with van der Waals surface area (Å²) in [6.07, 6.45) is 5.98. The summed E-state index contributed by atoms with van der Waals surface area (Å²) >= 11 is 0. The van der Waals surface area contributed by atoms with E-state index in [1.54, 1.807) is 18.7 Å². The standard InChI is InChI=1S/C9H23NO3Si.C3H4N2/c1-4-11-14(12-5-2,13-6-3)9-7-8-10;1-2-5-3-4-1/h4-10H2,1-3H3;1-3H,(H,4,5). The van der Waals surface area contributed by atoms with E-state index in [1.807, 2.05) is 20.8 Å². The van der Waals surface area contributed by atoms with Crippen LogP contribution in [-0.4, -0.2) is 45.1 Å². The van der Waals surface area contributed by atoms with E-state index >= 15 is 0 Å². The zero-order valence-electron chi connectivity index (χ0n) is 12.2. The number of imidazole rings is 1. The zero-order valence-corrected chi connectivity index (χ0v) is 13.2. The average Bonchev–Trinajstić information content (AvgIpc) is 2.96. The lowest BCUT2D eigenvalue weighted by atomic mass is 10.5. The highest BCUT2D eigenvalue weighted by atomic mass is 28.4. The lowest BCUT2D eigenvalue weighted by Crippen LogP contribution is -2.46. The topological polar surface area (TPSA) is 82.4 Å². The van der Waals surface area contributed by atoms with Crippen LogP contribution >= 0.6 is 0 Å². The van der Waals surface area contributed by atoms with Crippen LogP contribution in [0.15, 0.2) is 18.7 Å². The van der Waals surface area contributed by atoms with Gasteiger partial charge in [-0.15, -0.1) is 0 Å². The summed E-state index contributed by atoms with van der Waals surface area (Å²) in [6.45, 7) is 8.44. The van der Waals surface area contributed by atoms with E-state index in [1.165, 1.54) is 0 Å². The molecule has 19 heavy (non-hydrogen) atoms. The third kappa shape index (κ3) is 8.90. The second-order valence-corrected chi connectivity index (χ2v) is 6.37. The van der Waals surface area contributed by atoms with Gasteiger partial charge in [0, 0.05) is 38.3 Å². The second kappa shape index (κ2) is 12.3. The maximum Gasteiger partial charge on any atom is 0.500 e. The van der Waals surface area contributed by atoms with Crippen molar-refractivity contribution in [3.05, 3.63) is 18.7 Å². The van der Waals surface area contributed by atoms with Gasteiger partial charge in [0.2, 0.25) is 0 Å². The average molecular weight is 289 g/mol. The molecule has 0 radical (unpaired) electrons. The first-order chi connectivity index (χ1) is 9.24. The Labute approximate surface area is 117 Å². The van der Waals surface area contributed by atoms with Gasteiger partial charge in [-0.25, -0.2) is 4.98 Å². The van der Waals surface area contributed by atoms with Crippen LogP contribution in [0.4, 0.5) is 0 Å². The Morgan fingerprint density at radius 2 is 1.68 bits per heavy atom. The molecule has 0 atom stereocenters. The third-order valence-electron chi connectivity index (χ3n) is 2.19. The quantitative estimate of drug-likeness (QED) is 0.677. The first kappa shape index (κ1) is 18.3. The van der Waals surface area contributed by atoms with Gasteiger partial charge in [0.25, 0.3) is 0 Å². The molecule has 0 bridgehead atoms. The van der Waals surface area contributed by atoms with Crippen LogP contribution in [0.1, 0.15) is 27.2 Å². The molecule has 0 aliphatic carbocycles. The Morgan fingerprint density at radius 3 is 1.95 bits per heavy atom. The number of rotatable bonds is 9. The molecule has 112 valence electrons. The Kier molecular flexibility index (Phi) is 11.8. The van der Waals surface area contributed by atoms with E-state index in [4.69, 9.17) is 19.0 Å². The summed E-state index contributed by atoms with van der Waals surface area (Å²) < 4.78 is 17.0. The number of hydrogen-bond donors (Lipinski definition) is 2. The zero-order chi connectivity index (χ0) is 14.4. The van der Waals surface area contributed by atoms with Crippen molar-refractivity contribution < 1.29 is 13.3 Å². The van der Waals surface area contributed by atoms with Crippen LogP contribution in [-0.2, 0) is 13.3 Å². The van der Waals surface area contributed by atoms with Crippen LogP contribution in [0.2, 0.25) is 6.04 Å². The molecule has 0 aliphatic rings. The summed E-state index contributed by atoms with van der Waals surface area (Å²) in [6, 6.07) is 0.818. The van der Waals surface area contributed by atoms with Crippen LogP contribution in [0.25, 0.3) is 0 Å². The number of nitrogens with two attached hydrogens (primary N) is 1. The fraction of sp³-hybridized carbons (Fsp3) is 0.750. The van der Waals surface area contributed by atoms with Gasteiger partial charge in [-0.2, -0.15) is 0 Å². The third-order valence-corrected chi connectivity index (χ3v) is 5.34. The van der Waals surface area contributed by atoms with Crippen molar-refractivity contribution in [1.29, 1.82) is 0 Å². The molecule has 0 fully saturated rings. The van der Waals surface area contributed by atoms with Crippen molar-refractivity contribution >= 4 is 8.80 Å². The number of aromatic amines is 1. The molecule has 0 unspecified atom stereocenters. The van der Waals surface area contributed by atoms with E-state index in [2.05, 4.69) is 9.97 Å². The summed E-state index contributed by atoms with van der Waals surface area (Å²) in [5, 5.41) is 0. The largest absolute Gasteiger partial charge is 0.500 e. The molecule has 0 aromatic carbocycles. The molecular formula is C12H27N3O3Si. The molecule has 1 heterocycles. The van der Waals surface area contributed by atoms with Gasteiger partial charge in [-0.05, 0) is 33.7 Å². The molecule has 1 aromatic heterocycles. The molecule has 0 spiro atoms. The van der Waals surface area contributed by atoms with Crippen LogP contribution < -0.4 is 5.73 Å². The number of aromatic nitrogens is 2. The predicted molar refractivity (Wildman–Crippen MR) is 77.7 cm³/mol. The molecule has 6 nitrogen and oxygen atoms in total. The predicted octanol–water partition coefficient (Wildman–Crippen LogP) is 1.79. The van der Waals surface area contributed by atoms with Crippen molar-refractivity contribution in [2.75, 3.05) is 26.4 Å². The summed E-state index contributed by atoms with van der Waals surface area (Å²) in [5.41, 5.74) is 5.48. The molecule has 0 aliphatic heterocycles. The summed E-state index contributed by atoms with van der Waals surface area (Å²) in [4.78, 5) is 6.42. The number of H-pyrrole nitrogens is 1. The molecule has 1 aromatic rings. The Bertz CT molecular complexity index is 239. The van der Waals surface area contributed by atoms with Gasteiger partial charge in [0.15, 0.2) is 0 Å². The van der Waals surface area contributed by atoms with Gasteiger partial charge in [-0.3, -0.25) is 0 Å². The van der Waals surface area contributed by atoms with E-state index in [0.717, 1.165) is 12.5 Å². The lowest BCUT2D eigenvalue weighted by molar-refractivity contribution is 0.0710. The SMILES string of the molecule is CCO[Si](CCCN)(OCC)OCC.c1c[nH]cn1. The minimum absolute atomic E-state index is 0.636. The van der Waals surface area contributed by atoms with Crippen molar-refractivity contribution in [2.24, 2.45) is 5.73 Å². The normalized spacial score (nSPS) is 10.9. The fourth-order valence-corrected chi connectivity index (χ4v) is 4.17. The highest BCUT2D eigenvalue weighted by Gasteiger charge is 2.39. The first-order valence-corrected chi connectivity index (χ1v) is 8.72. The number of nitrogens with zero attached hydrogens (tertiary/aromatic N) is 1. The van der Waals surface area contributed by atoms with Gasteiger partial charge in [0.1, 0.15) is 0 Å². The molecule has 0 saturated carbocycles. The lowest BCUT2D eigenvalue weighted by Gasteiger charge is -2.28. The van der Waals surface area contributed by atoms with E-state index in [9.17, 15) is 0 Å². The molecule has 3 N–H and O–H groups in total. The minimum Gasteiger partial charge on any atom is -0.374 e. The Morgan fingerprint density at radius 1 is 1.11 bits per heavy atom. The molecule has 7 heteroatoms. The van der Waals surface area contributed by atoms with Crippen molar-refractivity contribution in [2.45, 2.75) is 33.2 Å². The molecule has 1 rings (SSSR count). The molecule has 0 saturated heterocycles. The van der Waals surface area contributed by atoms with Gasteiger partial charge in [-0.1, -0.05) is 0 Å². The van der Waals surface area contributed by atoms with E-state index < -0.39 is 8.80 Å². The van der Waals surface area contributed by atoms with E-state index in [-0.39, 0.29) is 0 Å². The maximum atomic E-state index is 5.65. The highest BCUT2D eigenvalue weighted by Crippen LogP contribution is 2.17.